The van der Waals surface area contributed by atoms with Crippen LogP contribution in [0.3, 0.4) is 0 Å². The molecule has 0 unspecified atom stereocenters. The minimum Gasteiger partial charge on any atom is -0.279 e. The van der Waals surface area contributed by atoms with Gasteiger partial charge in [0.25, 0.3) is 0 Å². The summed E-state index contributed by atoms with van der Waals surface area (Å²) >= 11 is 0. The van der Waals surface area contributed by atoms with E-state index in [0.717, 1.165) is 22.5 Å². The summed E-state index contributed by atoms with van der Waals surface area (Å²) in [5.74, 6) is 0. The number of nitrogens with zero attached hydrogens (tertiary/aromatic N) is 3. The lowest BCUT2D eigenvalue weighted by atomic mass is 10.1. The largest absolute Gasteiger partial charge is 0.279 e. The van der Waals surface area contributed by atoms with Crippen LogP contribution in [-0.4, -0.2) is 16.2 Å². The lowest BCUT2D eigenvalue weighted by Crippen LogP contribution is -1.91. The van der Waals surface area contributed by atoms with Crippen LogP contribution in [0.5, 0.6) is 0 Å². The molecule has 4 nitrogen and oxygen atoms in total. The number of hydrogen-bond donors (Lipinski definition) is 1. The van der Waals surface area contributed by atoms with Gasteiger partial charge in [-0.3, -0.25) is 15.4 Å². The standard InChI is InChI=1S/C17H14N4/c1-2-10-19-17(3-1)15-4-6-16(7-5-15)21-20-13-14-8-11-18-12-9-14/h1-13,21H/b20-13+. The third-order valence-electron chi connectivity index (χ3n) is 2.96. The Bertz CT molecular complexity index is 707. The summed E-state index contributed by atoms with van der Waals surface area (Å²) in [5.41, 5.74) is 6.98. The van der Waals surface area contributed by atoms with E-state index in [1.165, 1.54) is 0 Å². The molecule has 0 atom stereocenters. The SMILES string of the molecule is C(=N\Nc1ccc(-c2ccccn2)cc1)/c1ccncc1. The summed E-state index contributed by atoms with van der Waals surface area (Å²) in [6, 6.07) is 17.7. The summed E-state index contributed by atoms with van der Waals surface area (Å²) in [6.45, 7) is 0. The third kappa shape index (κ3) is 3.51. The number of anilines is 1. The van der Waals surface area contributed by atoms with Crippen LogP contribution >= 0.6 is 0 Å². The maximum atomic E-state index is 4.32. The predicted molar refractivity (Wildman–Crippen MR) is 85.1 cm³/mol. The lowest BCUT2D eigenvalue weighted by Gasteiger charge is -2.03. The van der Waals surface area contributed by atoms with Crippen LogP contribution in [-0.2, 0) is 0 Å². The van der Waals surface area contributed by atoms with Crippen molar-refractivity contribution in [3.63, 3.8) is 0 Å². The molecule has 1 aromatic carbocycles. The highest BCUT2D eigenvalue weighted by Crippen LogP contribution is 2.18. The van der Waals surface area contributed by atoms with Gasteiger partial charge in [0.1, 0.15) is 0 Å². The van der Waals surface area contributed by atoms with Crippen LogP contribution in [0, 0.1) is 0 Å². The molecule has 2 aromatic heterocycles. The van der Waals surface area contributed by atoms with Gasteiger partial charge in [0.15, 0.2) is 0 Å². The van der Waals surface area contributed by atoms with Crippen LogP contribution < -0.4 is 5.43 Å². The van der Waals surface area contributed by atoms with Crippen LogP contribution in [0.25, 0.3) is 11.3 Å². The fraction of sp³-hybridized carbons (Fsp3) is 0. The Morgan fingerprint density at radius 2 is 1.67 bits per heavy atom. The van der Waals surface area contributed by atoms with Crippen molar-refractivity contribution in [1.82, 2.24) is 9.97 Å². The van der Waals surface area contributed by atoms with Crippen molar-refractivity contribution in [1.29, 1.82) is 0 Å². The zero-order chi connectivity index (χ0) is 14.3. The maximum Gasteiger partial charge on any atom is 0.0701 e. The third-order valence-corrected chi connectivity index (χ3v) is 2.96. The first kappa shape index (κ1) is 13.0. The van der Waals surface area contributed by atoms with Crippen molar-refractivity contribution in [2.45, 2.75) is 0 Å². The first-order valence-electron chi connectivity index (χ1n) is 6.62. The van der Waals surface area contributed by atoms with E-state index >= 15 is 0 Å². The molecule has 102 valence electrons. The Morgan fingerprint density at radius 3 is 2.38 bits per heavy atom. The molecule has 0 saturated heterocycles. The van der Waals surface area contributed by atoms with Crippen molar-refractivity contribution in [2.75, 3.05) is 5.43 Å². The molecule has 0 aliphatic rings. The Hall–Kier alpha value is -3.01. The van der Waals surface area contributed by atoms with E-state index in [9.17, 15) is 0 Å². The van der Waals surface area contributed by atoms with Crippen LogP contribution in [0.4, 0.5) is 5.69 Å². The van der Waals surface area contributed by atoms with E-state index in [1.807, 2.05) is 54.6 Å². The van der Waals surface area contributed by atoms with E-state index in [-0.39, 0.29) is 0 Å². The van der Waals surface area contributed by atoms with Crippen molar-refractivity contribution in [3.8, 4) is 11.3 Å². The number of benzene rings is 1. The van der Waals surface area contributed by atoms with Crippen molar-refractivity contribution < 1.29 is 0 Å². The average Bonchev–Trinajstić information content (AvgIpc) is 2.57. The molecule has 3 aromatic rings. The molecular formula is C17H14N4. The van der Waals surface area contributed by atoms with Gasteiger partial charge >= 0.3 is 0 Å². The highest BCUT2D eigenvalue weighted by molar-refractivity contribution is 5.79. The molecule has 0 radical (unpaired) electrons. The van der Waals surface area contributed by atoms with E-state index < -0.39 is 0 Å². The smallest absolute Gasteiger partial charge is 0.0701 e. The van der Waals surface area contributed by atoms with Gasteiger partial charge in [-0.1, -0.05) is 18.2 Å². The van der Waals surface area contributed by atoms with Gasteiger partial charge in [0.2, 0.25) is 0 Å². The average molecular weight is 274 g/mol. The maximum absolute atomic E-state index is 4.32. The summed E-state index contributed by atoms with van der Waals surface area (Å²) < 4.78 is 0. The second-order valence-electron chi connectivity index (χ2n) is 4.44. The molecule has 2 heterocycles. The van der Waals surface area contributed by atoms with Crippen molar-refractivity contribution >= 4 is 11.9 Å². The highest BCUT2D eigenvalue weighted by Gasteiger charge is 1.97. The number of aromatic nitrogens is 2. The van der Waals surface area contributed by atoms with E-state index in [2.05, 4.69) is 20.5 Å². The van der Waals surface area contributed by atoms with Crippen LogP contribution in [0.15, 0.2) is 78.3 Å². The molecule has 1 N–H and O–H groups in total. The Morgan fingerprint density at radius 1 is 0.857 bits per heavy atom. The number of hydrogen-bond acceptors (Lipinski definition) is 4. The topological polar surface area (TPSA) is 50.2 Å². The van der Waals surface area contributed by atoms with Gasteiger partial charge in [-0.2, -0.15) is 5.10 Å². The molecule has 21 heavy (non-hydrogen) atoms. The predicted octanol–water partition coefficient (Wildman–Crippen LogP) is 3.59. The lowest BCUT2D eigenvalue weighted by molar-refractivity contribution is 1.31. The molecule has 0 aliphatic carbocycles. The van der Waals surface area contributed by atoms with E-state index in [4.69, 9.17) is 0 Å². The molecule has 0 amide bonds. The minimum atomic E-state index is 0.931. The molecule has 4 heteroatoms. The number of rotatable bonds is 4. The monoisotopic (exact) mass is 274 g/mol. The van der Waals surface area contributed by atoms with Crippen LogP contribution in [0.1, 0.15) is 5.56 Å². The van der Waals surface area contributed by atoms with Crippen LogP contribution in [0.2, 0.25) is 0 Å². The summed E-state index contributed by atoms with van der Waals surface area (Å²) in [7, 11) is 0. The number of hydrazone groups is 1. The number of nitrogens with one attached hydrogen (secondary N) is 1. The van der Waals surface area contributed by atoms with E-state index in [0.29, 0.717) is 0 Å². The second-order valence-corrected chi connectivity index (χ2v) is 4.44. The fourth-order valence-electron chi connectivity index (χ4n) is 1.88. The van der Waals surface area contributed by atoms with Crippen molar-refractivity contribution in [3.05, 3.63) is 78.8 Å². The molecule has 0 aliphatic heterocycles. The molecule has 0 fully saturated rings. The number of pyridine rings is 2. The normalized spacial score (nSPS) is 10.7. The Kier molecular flexibility index (Phi) is 3.98. The van der Waals surface area contributed by atoms with Gasteiger partial charge < -0.3 is 0 Å². The fourth-order valence-corrected chi connectivity index (χ4v) is 1.88. The summed E-state index contributed by atoms with van der Waals surface area (Å²) in [6.07, 6.45) is 7.03. The molecule has 0 saturated carbocycles. The zero-order valence-electron chi connectivity index (χ0n) is 11.3. The first-order valence-corrected chi connectivity index (χ1v) is 6.62. The summed E-state index contributed by atoms with van der Waals surface area (Å²) in [5, 5.41) is 4.20. The van der Waals surface area contributed by atoms with Gasteiger partial charge in [-0.25, -0.2) is 0 Å². The highest BCUT2D eigenvalue weighted by atomic mass is 15.3. The second kappa shape index (κ2) is 6.43. The first-order chi connectivity index (χ1) is 10.4. The summed E-state index contributed by atoms with van der Waals surface area (Å²) in [4.78, 5) is 8.29. The van der Waals surface area contributed by atoms with Gasteiger partial charge in [0, 0.05) is 24.2 Å². The zero-order valence-corrected chi connectivity index (χ0v) is 11.3. The van der Waals surface area contributed by atoms with Gasteiger partial charge in [-0.05, 0) is 42.0 Å². The molecule has 0 spiro atoms. The molecular weight excluding hydrogens is 260 g/mol. The van der Waals surface area contributed by atoms with E-state index in [1.54, 1.807) is 24.8 Å². The Balaban J connectivity index is 1.66. The molecule has 0 bridgehead atoms. The quantitative estimate of drug-likeness (QED) is 0.584. The Labute approximate surface area is 123 Å². The van der Waals surface area contributed by atoms with Crippen molar-refractivity contribution in [2.24, 2.45) is 5.10 Å². The molecule has 3 rings (SSSR count). The minimum absolute atomic E-state index is 0.931. The van der Waals surface area contributed by atoms with Gasteiger partial charge in [0.05, 0.1) is 17.6 Å². The van der Waals surface area contributed by atoms with Gasteiger partial charge in [-0.15, -0.1) is 0 Å².